The van der Waals surface area contributed by atoms with Gasteiger partial charge in [0.05, 0.1) is 28.5 Å². The van der Waals surface area contributed by atoms with Crippen LogP contribution in [0.2, 0.25) is 10.0 Å². The summed E-state index contributed by atoms with van der Waals surface area (Å²) < 4.78 is 8.25. The first-order valence-electron chi connectivity index (χ1n) is 13.3. The number of nitrogens with zero attached hydrogens (tertiary/aromatic N) is 3. The number of nitrogens with one attached hydrogen (secondary N) is 1. The van der Waals surface area contributed by atoms with Gasteiger partial charge in [-0.15, -0.1) is 0 Å². The van der Waals surface area contributed by atoms with Crippen molar-refractivity contribution in [1.29, 1.82) is 0 Å². The number of rotatable bonds is 6. The number of aromatic nitrogens is 2. The third-order valence-corrected chi connectivity index (χ3v) is 8.26. The summed E-state index contributed by atoms with van der Waals surface area (Å²) in [6.45, 7) is 6.25. The Kier molecular flexibility index (Phi) is 7.47. The molecule has 1 saturated heterocycles. The van der Waals surface area contributed by atoms with Gasteiger partial charge >= 0.3 is 0 Å². The van der Waals surface area contributed by atoms with E-state index in [-0.39, 0.29) is 12.1 Å². The van der Waals surface area contributed by atoms with Gasteiger partial charge in [-0.1, -0.05) is 47.0 Å². The number of aryl methyl sites for hydroxylation is 2. The number of thiocarbonyl (C=S) groups is 1. The number of ether oxygens (including phenoxy) is 1. The average Bonchev–Trinajstić information content (AvgIpc) is 3.46. The number of anilines is 1. The second kappa shape index (κ2) is 11.2. The van der Waals surface area contributed by atoms with E-state index in [9.17, 15) is 0 Å². The highest BCUT2D eigenvalue weighted by atomic mass is 35.5. The zero-order valence-corrected chi connectivity index (χ0v) is 25.1. The van der Waals surface area contributed by atoms with Crippen LogP contribution in [0.25, 0.3) is 5.69 Å². The van der Waals surface area contributed by atoms with Crippen molar-refractivity contribution in [3.05, 3.63) is 135 Å². The van der Waals surface area contributed by atoms with Gasteiger partial charge in [0.25, 0.3) is 0 Å². The van der Waals surface area contributed by atoms with Gasteiger partial charge < -0.3 is 19.5 Å². The summed E-state index contributed by atoms with van der Waals surface area (Å²) in [6, 6.07) is 29.5. The minimum absolute atomic E-state index is 0.160. The van der Waals surface area contributed by atoms with Crippen molar-refractivity contribution in [1.82, 2.24) is 14.9 Å². The van der Waals surface area contributed by atoms with Gasteiger partial charge in [-0.3, -0.25) is 4.98 Å². The molecule has 5 nitrogen and oxygen atoms in total. The zero-order chi connectivity index (χ0) is 28.7. The zero-order valence-electron chi connectivity index (χ0n) is 22.8. The second-order valence-corrected chi connectivity index (χ2v) is 11.4. The largest absolute Gasteiger partial charge is 0.457 e. The van der Waals surface area contributed by atoms with Crippen molar-refractivity contribution in [2.24, 2.45) is 0 Å². The molecule has 2 aromatic heterocycles. The number of benzene rings is 3. The lowest BCUT2D eigenvalue weighted by atomic mass is 9.96. The van der Waals surface area contributed by atoms with E-state index in [0.717, 1.165) is 45.5 Å². The van der Waals surface area contributed by atoms with Crippen molar-refractivity contribution in [2.75, 3.05) is 4.90 Å². The molecule has 3 aromatic carbocycles. The Balaban J connectivity index is 1.41. The van der Waals surface area contributed by atoms with Gasteiger partial charge in [0.2, 0.25) is 0 Å². The quantitative estimate of drug-likeness (QED) is 0.197. The molecule has 6 rings (SSSR count). The molecule has 3 heterocycles. The lowest BCUT2D eigenvalue weighted by Crippen LogP contribution is -2.29. The molecule has 0 spiro atoms. The van der Waals surface area contributed by atoms with E-state index in [1.165, 1.54) is 5.56 Å². The Morgan fingerprint density at radius 1 is 0.854 bits per heavy atom. The van der Waals surface area contributed by atoms with E-state index in [0.29, 0.717) is 15.2 Å². The first-order chi connectivity index (χ1) is 19.8. The van der Waals surface area contributed by atoms with Crippen molar-refractivity contribution in [2.45, 2.75) is 32.9 Å². The molecule has 206 valence electrons. The van der Waals surface area contributed by atoms with Crippen LogP contribution >= 0.6 is 35.4 Å². The van der Waals surface area contributed by atoms with Crippen LogP contribution in [0, 0.1) is 20.8 Å². The fraction of sp³-hybridized carbons (Fsp3) is 0.152. The van der Waals surface area contributed by atoms with Crippen LogP contribution in [0.4, 0.5) is 5.69 Å². The normalized spacial score (nSPS) is 16.6. The van der Waals surface area contributed by atoms with Crippen LogP contribution in [0.15, 0.2) is 97.2 Å². The SMILES string of the molecule is Cc1ccc(Oc2ccc(N3C(=S)N[C@H](c4ccccn4)[C@@H]3c3cc(C)n(-c4ccc(Cl)cc4Cl)c3C)cc2)cc1. The van der Waals surface area contributed by atoms with Crippen molar-refractivity contribution >= 4 is 46.2 Å². The summed E-state index contributed by atoms with van der Waals surface area (Å²) in [6.07, 6.45) is 1.81. The molecule has 8 heteroatoms. The van der Waals surface area contributed by atoms with Gasteiger partial charge in [-0.05, 0) is 111 Å². The van der Waals surface area contributed by atoms with E-state index < -0.39 is 0 Å². The Morgan fingerprint density at radius 3 is 2.22 bits per heavy atom. The highest BCUT2D eigenvalue weighted by Gasteiger charge is 2.42. The van der Waals surface area contributed by atoms with Crippen molar-refractivity contribution in [3.8, 4) is 17.2 Å². The van der Waals surface area contributed by atoms with E-state index in [1.54, 1.807) is 6.07 Å². The van der Waals surface area contributed by atoms with E-state index >= 15 is 0 Å². The predicted molar refractivity (Wildman–Crippen MR) is 171 cm³/mol. The Hall–Kier alpha value is -3.84. The molecule has 1 N–H and O–H groups in total. The highest BCUT2D eigenvalue weighted by molar-refractivity contribution is 7.80. The highest BCUT2D eigenvalue weighted by Crippen LogP contribution is 2.44. The molecule has 2 atom stereocenters. The first kappa shape index (κ1) is 27.3. The van der Waals surface area contributed by atoms with Gasteiger partial charge in [0.1, 0.15) is 11.5 Å². The van der Waals surface area contributed by atoms with Gasteiger partial charge in [-0.2, -0.15) is 0 Å². The lowest BCUT2D eigenvalue weighted by Gasteiger charge is -2.28. The average molecular weight is 600 g/mol. The topological polar surface area (TPSA) is 42.3 Å². The Labute approximate surface area is 255 Å². The fourth-order valence-corrected chi connectivity index (χ4v) is 6.33. The van der Waals surface area contributed by atoms with Crippen LogP contribution in [-0.4, -0.2) is 14.7 Å². The molecular formula is C33H28Cl2N4OS. The van der Waals surface area contributed by atoms with Gasteiger partial charge in [0.15, 0.2) is 5.11 Å². The molecule has 41 heavy (non-hydrogen) atoms. The van der Waals surface area contributed by atoms with Gasteiger partial charge in [0, 0.05) is 28.3 Å². The van der Waals surface area contributed by atoms with Crippen molar-refractivity contribution < 1.29 is 4.74 Å². The molecule has 0 aliphatic carbocycles. The third-order valence-electron chi connectivity index (χ3n) is 7.41. The molecular weight excluding hydrogens is 571 g/mol. The minimum atomic E-state index is -0.165. The standard InChI is InChI=1S/C33H28Cl2N4OS/c1-20-7-12-25(13-8-20)40-26-14-10-24(11-15-26)39-32(31(37-33(39)41)29-6-4-5-17-36-29)27-18-21(2)38(22(27)3)30-16-9-23(34)19-28(30)35/h4-19,31-32H,1-3H3,(H,37,41)/t31-,32+/m1/s1. The maximum absolute atomic E-state index is 6.66. The Morgan fingerprint density at radius 2 is 1.56 bits per heavy atom. The number of pyridine rings is 1. The molecule has 0 saturated carbocycles. The van der Waals surface area contributed by atoms with E-state index in [2.05, 4.69) is 41.6 Å². The van der Waals surface area contributed by atoms with Crippen LogP contribution in [-0.2, 0) is 0 Å². The fourth-order valence-electron chi connectivity index (χ4n) is 5.49. The monoisotopic (exact) mass is 598 g/mol. The minimum Gasteiger partial charge on any atom is -0.457 e. The number of hydrogen-bond donors (Lipinski definition) is 1. The van der Waals surface area contributed by atoms with Crippen LogP contribution in [0.5, 0.6) is 11.5 Å². The molecule has 0 bridgehead atoms. The maximum Gasteiger partial charge on any atom is 0.174 e. The molecule has 1 aliphatic heterocycles. The second-order valence-electron chi connectivity index (χ2n) is 10.2. The first-order valence-corrected chi connectivity index (χ1v) is 14.5. The summed E-state index contributed by atoms with van der Waals surface area (Å²) in [7, 11) is 0. The van der Waals surface area contributed by atoms with Crippen LogP contribution in [0.3, 0.4) is 0 Å². The number of halogens is 2. The summed E-state index contributed by atoms with van der Waals surface area (Å²) in [5, 5.41) is 5.38. The smallest absolute Gasteiger partial charge is 0.174 e. The summed E-state index contributed by atoms with van der Waals surface area (Å²) in [5.74, 6) is 1.55. The number of hydrogen-bond acceptors (Lipinski definition) is 3. The molecule has 1 fully saturated rings. The van der Waals surface area contributed by atoms with E-state index in [4.69, 9.17) is 45.1 Å². The molecule has 0 amide bonds. The third kappa shape index (κ3) is 5.31. The molecule has 0 radical (unpaired) electrons. The summed E-state index contributed by atoms with van der Waals surface area (Å²) in [5.41, 5.74) is 7.18. The summed E-state index contributed by atoms with van der Waals surface area (Å²) in [4.78, 5) is 6.86. The van der Waals surface area contributed by atoms with Crippen LogP contribution < -0.4 is 15.0 Å². The molecule has 0 unspecified atom stereocenters. The predicted octanol–water partition coefficient (Wildman–Crippen LogP) is 9.07. The summed E-state index contributed by atoms with van der Waals surface area (Å²) >= 11 is 18.8. The Bertz CT molecular complexity index is 1720. The molecule has 5 aromatic rings. The lowest BCUT2D eigenvalue weighted by molar-refractivity contribution is 0.482. The van der Waals surface area contributed by atoms with Crippen molar-refractivity contribution in [3.63, 3.8) is 0 Å². The van der Waals surface area contributed by atoms with Crippen LogP contribution in [0.1, 0.15) is 40.3 Å². The maximum atomic E-state index is 6.66. The molecule has 1 aliphatic rings. The van der Waals surface area contributed by atoms with E-state index in [1.807, 2.05) is 85.1 Å². The van der Waals surface area contributed by atoms with Gasteiger partial charge in [-0.25, -0.2) is 0 Å².